The van der Waals surface area contributed by atoms with E-state index in [0.717, 1.165) is 0 Å². The Hall–Kier alpha value is -1.39. The van der Waals surface area contributed by atoms with Crippen LogP contribution in [-0.4, -0.2) is 30.7 Å². The van der Waals surface area contributed by atoms with Gasteiger partial charge in [-0.2, -0.15) is 0 Å². The molecule has 0 spiro atoms. The number of hydrogen-bond donors (Lipinski definition) is 2. The first-order valence-corrected chi connectivity index (χ1v) is 5.23. The van der Waals surface area contributed by atoms with E-state index in [-0.39, 0.29) is 24.0 Å². The van der Waals surface area contributed by atoms with Gasteiger partial charge in [-0.05, 0) is 12.8 Å². The third-order valence-corrected chi connectivity index (χ3v) is 2.22. The van der Waals surface area contributed by atoms with Crippen LogP contribution in [0.15, 0.2) is 0 Å². The maximum Gasteiger partial charge on any atom is 0.227 e. The largest absolute Gasteiger partial charge is 0.356 e. The topological polar surface area (TPSA) is 75.3 Å². The summed E-state index contributed by atoms with van der Waals surface area (Å²) in [6.45, 7) is 1.08. The van der Waals surface area contributed by atoms with Gasteiger partial charge in [-0.25, -0.2) is 0 Å². The van der Waals surface area contributed by atoms with Gasteiger partial charge in [-0.3, -0.25) is 14.4 Å². The number of hydrogen-bond acceptors (Lipinski definition) is 3. The molecule has 15 heavy (non-hydrogen) atoms. The van der Waals surface area contributed by atoms with Crippen LogP contribution in [0.1, 0.15) is 32.1 Å². The van der Waals surface area contributed by atoms with Crippen molar-refractivity contribution in [3.05, 3.63) is 0 Å². The fraction of sp³-hybridized carbons (Fsp3) is 0.700. The van der Waals surface area contributed by atoms with E-state index in [1.54, 1.807) is 0 Å². The lowest BCUT2D eigenvalue weighted by molar-refractivity contribution is -0.128. The summed E-state index contributed by atoms with van der Waals surface area (Å²) in [5, 5.41) is 5.36. The summed E-state index contributed by atoms with van der Waals surface area (Å²) in [4.78, 5) is 33.5. The predicted molar refractivity (Wildman–Crippen MR) is 54.1 cm³/mol. The van der Waals surface area contributed by atoms with E-state index >= 15 is 0 Å². The van der Waals surface area contributed by atoms with E-state index in [1.165, 1.54) is 0 Å². The molecule has 0 radical (unpaired) electrons. The van der Waals surface area contributed by atoms with Crippen molar-refractivity contribution in [2.75, 3.05) is 13.1 Å². The first-order valence-electron chi connectivity index (χ1n) is 5.23. The van der Waals surface area contributed by atoms with Crippen molar-refractivity contribution >= 4 is 17.6 Å². The van der Waals surface area contributed by atoms with Crippen LogP contribution in [0.2, 0.25) is 0 Å². The average molecular weight is 212 g/mol. The third-order valence-electron chi connectivity index (χ3n) is 2.22. The molecule has 0 saturated carbocycles. The fourth-order valence-corrected chi connectivity index (χ4v) is 1.41. The Bertz CT molecular complexity index is 263. The lowest BCUT2D eigenvalue weighted by atomic mass is 10.1. The first kappa shape index (κ1) is 11.7. The molecule has 2 amide bonds. The molecule has 5 heteroatoms. The van der Waals surface area contributed by atoms with Crippen LogP contribution in [0.25, 0.3) is 0 Å². The lowest BCUT2D eigenvalue weighted by Crippen LogP contribution is -2.31. The van der Waals surface area contributed by atoms with Gasteiger partial charge in [0.15, 0.2) is 0 Å². The first-order chi connectivity index (χ1) is 7.18. The molecule has 0 aromatic heterocycles. The van der Waals surface area contributed by atoms with E-state index in [1.807, 2.05) is 0 Å². The van der Waals surface area contributed by atoms with Gasteiger partial charge in [0, 0.05) is 25.9 Å². The average Bonchev–Trinajstić information content (AvgIpc) is 2.15. The third kappa shape index (κ3) is 5.15. The lowest BCUT2D eigenvalue weighted by Gasteiger charge is -2.08. The molecular formula is C10H16N2O3. The normalized spacial score (nSPS) is 20.9. The van der Waals surface area contributed by atoms with Gasteiger partial charge >= 0.3 is 0 Å². The van der Waals surface area contributed by atoms with E-state index in [4.69, 9.17) is 0 Å². The standard InChI is InChI=1S/C10H16N2O3/c13-8-3-1-4-9(14)11-5-2-6-12-10(15)7-8/h1-7H2,(H,11,14)(H,12,15). The molecule has 1 aliphatic heterocycles. The number of Topliss-reactive ketones (excluding diaryl/α,β-unsaturated/α-hetero) is 1. The highest BCUT2D eigenvalue weighted by atomic mass is 16.2. The van der Waals surface area contributed by atoms with Gasteiger partial charge in [0.25, 0.3) is 0 Å². The predicted octanol–water partition coefficient (Wildman–Crippen LogP) is -0.248. The zero-order valence-corrected chi connectivity index (χ0v) is 8.67. The Morgan fingerprint density at radius 3 is 2.20 bits per heavy atom. The number of ketones is 1. The van der Waals surface area contributed by atoms with Crippen LogP contribution in [0.3, 0.4) is 0 Å². The van der Waals surface area contributed by atoms with Crippen molar-refractivity contribution in [2.24, 2.45) is 0 Å². The van der Waals surface area contributed by atoms with Gasteiger partial charge < -0.3 is 10.6 Å². The smallest absolute Gasteiger partial charge is 0.227 e. The Morgan fingerprint density at radius 1 is 0.800 bits per heavy atom. The maximum atomic E-state index is 11.2. The van der Waals surface area contributed by atoms with Crippen molar-refractivity contribution in [1.29, 1.82) is 0 Å². The summed E-state index contributed by atoms with van der Waals surface area (Å²) in [6, 6.07) is 0. The summed E-state index contributed by atoms with van der Waals surface area (Å²) in [7, 11) is 0. The molecule has 1 rings (SSSR count). The van der Waals surface area contributed by atoms with E-state index in [9.17, 15) is 14.4 Å². The molecule has 1 aliphatic rings. The van der Waals surface area contributed by atoms with Crippen molar-refractivity contribution < 1.29 is 14.4 Å². The molecule has 5 nitrogen and oxygen atoms in total. The number of rotatable bonds is 0. The highest BCUT2D eigenvalue weighted by Gasteiger charge is 2.11. The summed E-state index contributed by atoms with van der Waals surface area (Å²) in [6.07, 6.45) is 1.85. The highest BCUT2D eigenvalue weighted by Crippen LogP contribution is 2.00. The van der Waals surface area contributed by atoms with E-state index in [2.05, 4.69) is 10.6 Å². The van der Waals surface area contributed by atoms with Crippen molar-refractivity contribution in [3.8, 4) is 0 Å². The molecule has 84 valence electrons. The Morgan fingerprint density at radius 2 is 1.47 bits per heavy atom. The Labute approximate surface area is 88.6 Å². The van der Waals surface area contributed by atoms with Crippen molar-refractivity contribution in [3.63, 3.8) is 0 Å². The van der Waals surface area contributed by atoms with Gasteiger partial charge in [0.05, 0.1) is 6.42 Å². The summed E-state index contributed by atoms with van der Waals surface area (Å²) < 4.78 is 0. The van der Waals surface area contributed by atoms with E-state index in [0.29, 0.717) is 38.8 Å². The zero-order valence-electron chi connectivity index (χ0n) is 8.67. The molecule has 1 fully saturated rings. The molecule has 0 unspecified atom stereocenters. The molecule has 1 heterocycles. The Balaban J connectivity index is 2.40. The summed E-state index contributed by atoms with van der Waals surface area (Å²) in [5.41, 5.74) is 0. The molecule has 0 aromatic carbocycles. The monoisotopic (exact) mass is 212 g/mol. The molecule has 1 saturated heterocycles. The van der Waals surface area contributed by atoms with Crippen LogP contribution in [0.5, 0.6) is 0 Å². The molecule has 2 N–H and O–H groups in total. The molecule has 0 bridgehead atoms. The summed E-state index contributed by atoms with van der Waals surface area (Å²) in [5.74, 6) is -0.331. The second-order valence-corrected chi connectivity index (χ2v) is 3.62. The second kappa shape index (κ2) is 6.16. The minimum atomic E-state index is -0.216. The maximum absolute atomic E-state index is 11.2. The van der Waals surface area contributed by atoms with Gasteiger partial charge in [0.2, 0.25) is 11.8 Å². The van der Waals surface area contributed by atoms with Crippen LogP contribution < -0.4 is 10.6 Å². The van der Waals surface area contributed by atoms with Gasteiger partial charge in [0.1, 0.15) is 5.78 Å². The molecule has 0 aliphatic carbocycles. The van der Waals surface area contributed by atoms with Gasteiger partial charge in [-0.15, -0.1) is 0 Å². The van der Waals surface area contributed by atoms with Crippen molar-refractivity contribution in [2.45, 2.75) is 32.1 Å². The highest BCUT2D eigenvalue weighted by molar-refractivity contribution is 5.98. The van der Waals surface area contributed by atoms with Gasteiger partial charge in [-0.1, -0.05) is 0 Å². The van der Waals surface area contributed by atoms with Crippen molar-refractivity contribution in [1.82, 2.24) is 10.6 Å². The van der Waals surface area contributed by atoms with Crippen LogP contribution in [-0.2, 0) is 14.4 Å². The zero-order chi connectivity index (χ0) is 11.1. The minimum absolute atomic E-state index is 0.0188. The van der Waals surface area contributed by atoms with E-state index < -0.39 is 0 Å². The SMILES string of the molecule is O=C1CCCC(=O)NCCCNC(=O)C1. The van der Waals surface area contributed by atoms with Crippen LogP contribution in [0, 0.1) is 0 Å². The van der Waals surface area contributed by atoms with Crippen LogP contribution >= 0.6 is 0 Å². The molecule has 0 aromatic rings. The number of carbonyl (C=O) groups is 3. The quantitative estimate of drug-likeness (QED) is 0.544. The number of nitrogens with one attached hydrogen (secondary N) is 2. The van der Waals surface area contributed by atoms with Crippen LogP contribution in [0.4, 0.5) is 0 Å². The number of carbonyl (C=O) groups excluding carboxylic acids is 3. The number of amides is 2. The second-order valence-electron chi connectivity index (χ2n) is 3.62. The summed E-state index contributed by atoms with van der Waals surface area (Å²) >= 11 is 0. The molecular weight excluding hydrogens is 196 g/mol. The fourth-order valence-electron chi connectivity index (χ4n) is 1.41. The minimum Gasteiger partial charge on any atom is -0.356 e. The molecule has 0 atom stereocenters. The Kier molecular flexibility index (Phi) is 4.80.